The Hall–Kier alpha value is -3.53. The number of carboxylic acid groups (broad SMARTS) is 1. The van der Waals surface area contributed by atoms with Crippen LogP contribution in [0.3, 0.4) is 0 Å². The number of aromatic nitrogens is 4. The van der Waals surface area contributed by atoms with E-state index in [0.717, 1.165) is 73.2 Å². The van der Waals surface area contributed by atoms with Gasteiger partial charge in [0, 0.05) is 49.1 Å². The van der Waals surface area contributed by atoms with Crippen molar-refractivity contribution in [2.24, 2.45) is 0 Å². The minimum atomic E-state index is -1.04. The molecule has 6 rings (SSSR count). The maximum Gasteiger partial charge on any atom is 0.354 e. The van der Waals surface area contributed by atoms with E-state index in [1.807, 2.05) is 41.0 Å². The van der Waals surface area contributed by atoms with Gasteiger partial charge in [-0.1, -0.05) is 23.7 Å². The molecule has 9 nitrogen and oxygen atoms in total. The fourth-order valence-electron chi connectivity index (χ4n) is 5.13. The summed E-state index contributed by atoms with van der Waals surface area (Å²) in [5, 5.41) is 10.1. The number of hydrogen-bond acceptors (Lipinski definition) is 7. The zero-order valence-electron chi connectivity index (χ0n) is 21.5. The highest BCUT2D eigenvalue weighted by atomic mass is 35.5. The molecule has 0 amide bonds. The molecule has 1 unspecified atom stereocenters. The van der Waals surface area contributed by atoms with Crippen LogP contribution in [0.5, 0.6) is 5.75 Å². The highest BCUT2D eigenvalue weighted by Crippen LogP contribution is 2.24. The second-order valence-electron chi connectivity index (χ2n) is 10.1. The van der Waals surface area contributed by atoms with Gasteiger partial charge in [-0.3, -0.25) is 9.88 Å². The number of rotatable bonds is 9. The van der Waals surface area contributed by atoms with Crippen molar-refractivity contribution in [3.8, 4) is 5.75 Å². The predicted octanol–water partition coefficient (Wildman–Crippen LogP) is 4.60. The zero-order chi connectivity index (χ0) is 26.8. The van der Waals surface area contributed by atoms with Crippen LogP contribution < -0.4 is 4.74 Å². The van der Waals surface area contributed by atoms with Crippen LogP contribution in [-0.2, 0) is 24.2 Å². The van der Waals surface area contributed by atoms with E-state index in [0.29, 0.717) is 24.3 Å². The fraction of sp³-hybridized carbons (Fsp3) is 0.379. The lowest BCUT2D eigenvalue weighted by atomic mass is 10.1. The van der Waals surface area contributed by atoms with E-state index in [-0.39, 0.29) is 17.9 Å². The average molecular weight is 548 g/mol. The third-order valence-electron chi connectivity index (χ3n) is 7.36. The Morgan fingerprint density at radius 2 is 1.87 bits per heavy atom. The largest absolute Gasteiger partial charge is 0.490 e. The Bertz CT molecular complexity index is 1460. The van der Waals surface area contributed by atoms with E-state index in [2.05, 4.69) is 14.9 Å². The summed E-state index contributed by atoms with van der Waals surface area (Å²) in [5.74, 6) is 0.686. The van der Waals surface area contributed by atoms with Gasteiger partial charge >= 0.3 is 5.97 Å². The number of carbonyl (C=O) groups is 1. The topological polar surface area (TPSA) is 103 Å². The number of carboxylic acids is 1. The lowest BCUT2D eigenvalue weighted by Gasteiger charge is -2.32. The van der Waals surface area contributed by atoms with Crippen LogP contribution in [0.4, 0.5) is 0 Å². The number of imidazole rings is 1. The monoisotopic (exact) mass is 547 g/mol. The van der Waals surface area contributed by atoms with Crippen LogP contribution in [0.15, 0.2) is 54.7 Å². The summed E-state index contributed by atoms with van der Waals surface area (Å²) in [4.78, 5) is 27.6. The van der Waals surface area contributed by atoms with Gasteiger partial charge in [-0.25, -0.2) is 14.8 Å². The molecule has 1 N–H and O–H groups in total. The number of aromatic carboxylic acids is 1. The molecule has 2 aliphatic rings. The van der Waals surface area contributed by atoms with Crippen LogP contribution in [0.2, 0.25) is 5.02 Å². The van der Waals surface area contributed by atoms with E-state index in [1.165, 1.54) is 6.07 Å². The van der Waals surface area contributed by atoms with Gasteiger partial charge in [0.05, 0.1) is 19.2 Å². The van der Waals surface area contributed by atoms with Crippen LogP contribution in [0.25, 0.3) is 11.2 Å². The maximum absolute atomic E-state index is 11.5. The van der Waals surface area contributed by atoms with Crippen LogP contribution in [0, 0.1) is 0 Å². The molecule has 2 fully saturated rings. The maximum atomic E-state index is 11.5. The van der Waals surface area contributed by atoms with Crippen LogP contribution >= 0.6 is 11.6 Å². The Labute approximate surface area is 231 Å². The molecule has 1 aromatic carbocycles. The van der Waals surface area contributed by atoms with Crippen molar-refractivity contribution < 1.29 is 19.4 Å². The third kappa shape index (κ3) is 6.06. The zero-order valence-corrected chi connectivity index (χ0v) is 22.3. The van der Waals surface area contributed by atoms with E-state index in [9.17, 15) is 9.90 Å². The summed E-state index contributed by atoms with van der Waals surface area (Å²) in [7, 11) is 0. The van der Waals surface area contributed by atoms with Gasteiger partial charge in [0.25, 0.3) is 0 Å². The molecule has 202 valence electrons. The molecular formula is C29H30ClN5O4. The van der Waals surface area contributed by atoms with Gasteiger partial charge in [-0.05, 0) is 55.2 Å². The molecule has 0 aliphatic carbocycles. The molecule has 39 heavy (non-hydrogen) atoms. The first kappa shape index (κ1) is 25.7. The predicted molar refractivity (Wildman–Crippen MR) is 146 cm³/mol. The second-order valence-corrected chi connectivity index (χ2v) is 10.6. The number of hydrogen-bond donors (Lipinski definition) is 1. The first-order valence-electron chi connectivity index (χ1n) is 13.3. The number of benzene rings is 1. The molecule has 2 saturated heterocycles. The van der Waals surface area contributed by atoms with Gasteiger partial charge in [0.1, 0.15) is 23.2 Å². The van der Waals surface area contributed by atoms with Crippen molar-refractivity contribution in [1.82, 2.24) is 24.4 Å². The molecule has 2 aliphatic heterocycles. The summed E-state index contributed by atoms with van der Waals surface area (Å²) < 4.78 is 14.0. The fourth-order valence-corrected chi connectivity index (χ4v) is 5.25. The quantitative estimate of drug-likeness (QED) is 0.324. The Morgan fingerprint density at radius 3 is 2.59 bits per heavy atom. The first-order valence-corrected chi connectivity index (χ1v) is 13.7. The summed E-state index contributed by atoms with van der Waals surface area (Å²) in [6, 6.07) is 15.0. The molecule has 1 atom stereocenters. The van der Waals surface area contributed by atoms with E-state index < -0.39 is 5.97 Å². The highest BCUT2D eigenvalue weighted by molar-refractivity contribution is 6.30. The summed E-state index contributed by atoms with van der Waals surface area (Å²) >= 11 is 6.00. The lowest BCUT2D eigenvalue weighted by molar-refractivity contribution is -0.0593. The van der Waals surface area contributed by atoms with Gasteiger partial charge in [0.2, 0.25) is 0 Å². The molecule has 10 heteroatoms. The van der Waals surface area contributed by atoms with E-state index in [1.54, 1.807) is 12.3 Å². The van der Waals surface area contributed by atoms with E-state index in [4.69, 9.17) is 26.1 Å². The molecule has 0 saturated carbocycles. The van der Waals surface area contributed by atoms with Crippen molar-refractivity contribution in [2.45, 2.75) is 51.0 Å². The van der Waals surface area contributed by atoms with E-state index >= 15 is 0 Å². The number of pyridine rings is 2. The van der Waals surface area contributed by atoms with Crippen LogP contribution in [0.1, 0.15) is 46.8 Å². The van der Waals surface area contributed by atoms with Crippen molar-refractivity contribution >= 4 is 28.7 Å². The van der Waals surface area contributed by atoms with Crippen LogP contribution in [-0.4, -0.2) is 67.4 Å². The van der Waals surface area contributed by atoms with Crippen molar-refractivity contribution in [2.75, 3.05) is 19.7 Å². The van der Waals surface area contributed by atoms with Gasteiger partial charge in [-0.2, -0.15) is 0 Å². The summed E-state index contributed by atoms with van der Waals surface area (Å²) in [6.45, 7) is 3.81. The minimum Gasteiger partial charge on any atom is -0.490 e. The van der Waals surface area contributed by atoms with Crippen molar-refractivity contribution in [3.05, 3.63) is 82.5 Å². The molecule has 0 bridgehead atoms. The number of ether oxygens (including phenoxy) is 2. The standard InChI is InChI=1S/C29H30ClN5O4/c30-20-3-1-19(2-4-20)15-21-16-23(7-11-31-21)39-22-8-12-34(13-9-22)18-27-32-25-5-6-26(29(36)37)33-28(25)35(27)17-24-10-14-38-24/h1-7,11,16,22,24H,8-10,12-15,17-18H2,(H,36,37). The molecular weight excluding hydrogens is 518 g/mol. The smallest absolute Gasteiger partial charge is 0.354 e. The minimum absolute atomic E-state index is 0.0233. The number of halogens is 1. The lowest BCUT2D eigenvalue weighted by Crippen LogP contribution is -2.39. The molecule has 4 aromatic rings. The third-order valence-corrected chi connectivity index (χ3v) is 7.61. The number of nitrogens with zero attached hydrogens (tertiary/aromatic N) is 5. The SMILES string of the molecule is O=C(O)c1ccc2nc(CN3CCC(Oc4ccnc(Cc5ccc(Cl)cc5)c4)CC3)n(CC3CCO3)c2n1. The Balaban J connectivity index is 1.09. The highest BCUT2D eigenvalue weighted by Gasteiger charge is 2.26. The average Bonchev–Trinajstić information content (AvgIpc) is 3.25. The number of piperidine rings is 1. The number of likely N-dealkylation sites (tertiary alicyclic amines) is 1. The molecule has 5 heterocycles. The molecule has 0 spiro atoms. The van der Waals surface area contributed by atoms with Crippen molar-refractivity contribution in [1.29, 1.82) is 0 Å². The summed E-state index contributed by atoms with van der Waals surface area (Å²) in [5.41, 5.74) is 3.45. The summed E-state index contributed by atoms with van der Waals surface area (Å²) in [6.07, 6.45) is 5.56. The van der Waals surface area contributed by atoms with Crippen molar-refractivity contribution in [3.63, 3.8) is 0 Å². The normalized spacial score (nSPS) is 18.2. The Kier molecular flexibility index (Phi) is 7.45. The molecule has 0 radical (unpaired) electrons. The van der Waals surface area contributed by atoms with Gasteiger partial charge < -0.3 is 19.1 Å². The second kappa shape index (κ2) is 11.3. The first-order chi connectivity index (χ1) is 19.0. The molecule has 3 aromatic heterocycles. The van der Waals surface area contributed by atoms with Gasteiger partial charge in [-0.15, -0.1) is 0 Å². The Morgan fingerprint density at radius 1 is 1.08 bits per heavy atom. The number of fused-ring (bicyclic) bond motifs is 1. The van der Waals surface area contributed by atoms with Gasteiger partial charge in [0.15, 0.2) is 11.3 Å².